The first-order chi connectivity index (χ1) is 10.8. The third kappa shape index (κ3) is 2.87. The number of hydrogen-bond donors (Lipinski definition) is 2. The monoisotopic (exact) mass is 338 g/mol. The van der Waals surface area contributed by atoms with Crippen molar-refractivity contribution >= 4 is 16.0 Å². The van der Waals surface area contributed by atoms with Crippen molar-refractivity contribution in [1.29, 1.82) is 0 Å². The minimum absolute atomic E-state index is 0.104. The molecule has 2 N–H and O–H groups in total. The molecule has 0 saturated heterocycles. The average Bonchev–Trinajstić information content (AvgIpc) is 3.03. The van der Waals surface area contributed by atoms with E-state index in [0.717, 1.165) is 17.2 Å². The molecule has 1 aromatic carbocycles. The standard InChI is InChI=1S/C15H15FN2O4S/c1-18-8-11(7-14(18)15(19)20)23(21,22)17-13-5-2-9-6-10(16)3-4-12(9)13/h3-4,6-8,13,17H,2,5H2,1H3,(H,19,20). The van der Waals surface area contributed by atoms with Crippen LogP contribution in [0.3, 0.4) is 0 Å². The molecule has 8 heteroatoms. The maximum Gasteiger partial charge on any atom is 0.352 e. The van der Waals surface area contributed by atoms with Gasteiger partial charge in [0.1, 0.15) is 16.4 Å². The predicted molar refractivity (Wildman–Crippen MR) is 80.2 cm³/mol. The molecule has 0 radical (unpaired) electrons. The van der Waals surface area contributed by atoms with Crippen molar-refractivity contribution in [1.82, 2.24) is 9.29 Å². The number of rotatable bonds is 4. The Labute approximate surface area is 132 Å². The van der Waals surface area contributed by atoms with Crippen LogP contribution in [0.15, 0.2) is 35.4 Å². The lowest BCUT2D eigenvalue weighted by Crippen LogP contribution is -2.27. The number of aromatic carboxylic acids is 1. The van der Waals surface area contributed by atoms with Gasteiger partial charge in [-0.05, 0) is 42.2 Å². The summed E-state index contributed by atoms with van der Waals surface area (Å²) in [6.07, 6.45) is 2.39. The molecule has 1 atom stereocenters. The van der Waals surface area contributed by atoms with Gasteiger partial charge in [0.2, 0.25) is 10.0 Å². The molecule has 6 nitrogen and oxygen atoms in total. The van der Waals surface area contributed by atoms with Crippen molar-refractivity contribution in [3.8, 4) is 0 Å². The number of fused-ring (bicyclic) bond motifs is 1. The highest BCUT2D eigenvalue weighted by Gasteiger charge is 2.29. The number of nitrogens with zero attached hydrogens (tertiary/aromatic N) is 1. The maximum absolute atomic E-state index is 13.2. The first kappa shape index (κ1) is 15.7. The Balaban J connectivity index is 1.89. The van der Waals surface area contributed by atoms with Gasteiger partial charge in [0.05, 0.1) is 0 Å². The number of aromatic nitrogens is 1. The molecule has 122 valence electrons. The van der Waals surface area contributed by atoms with Gasteiger partial charge in [-0.2, -0.15) is 0 Å². The molecule has 1 unspecified atom stereocenters. The van der Waals surface area contributed by atoms with E-state index >= 15 is 0 Å². The third-order valence-corrected chi connectivity index (χ3v) is 5.43. The molecule has 0 amide bonds. The number of carboxylic acid groups (broad SMARTS) is 1. The highest BCUT2D eigenvalue weighted by Crippen LogP contribution is 2.32. The van der Waals surface area contributed by atoms with Crippen molar-refractivity contribution in [2.24, 2.45) is 7.05 Å². The Morgan fingerprint density at radius 1 is 1.39 bits per heavy atom. The Morgan fingerprint density at radius 2 is 2.13 bits per heavy atom. The van der Waals surface area contributed by atoms with E-state index in [-0.39, 0.29) is 16.4 Å². The molecule has 0 bridgehead atoms. The summed E-state index contributed by atoms with van der Waals surface area (Å²) in [7, 11) is -2.39. The zero-order chi connectivity index (χ0) is 16.8. The number of benzene rings is 1. The summed E-state index contributed by atoms with van der Waals surface area (Å²) in [6, 6.07) is 4.97. The molecule has 0 aliphatic heterocycles. The van der Waals surface area contributed by atoms with Crippen LogP contribution in [0.2, 0.25) is 0 Å². The fraction of sp³-hybridized carbons (Fsp3) is 0.267. The number of halogens is 1. The molecular weight excluding hydrogens is 323 g/mol. The molecule has 0 spiro atoms. The molecule has 1 aromatic heterocycles. The molecule has 0 saturated carbocycles. The summed E-state index contributed by atoms with van der Waals surface area (Å²) in [5, 5.41) is 9.01. The minimum Gasteiger partial charge on any atom is -0.477 e. The molecule has 23 heavy (non-hydrogen) atoms. The number of sulfonamides is 1. The molecule has 1 aliphatic rings. The van der Waals surface area contributed by atoms with Crippen molar-refractivity contribution in [2.75, 3.05) is 0 Å². The number of aryl methyl sites for hydroxylation is 2. The van der Waals surface area contributed by atoms with Gasteiger partial charge in [0.25, 0.3) is 0 Å². The van der Waals surface area contributed by atoms with Crippen LogP contribution in [-0.4, -0.2) is 24.1 Å². The molecule has 3 rings (SSSR count). The lowest BCUT2D eigenvalue weighted by molar-refractivity contribution is 0.0686. The Bertz CT molecular complexity index is 889. The van der Waals surface area contributed by atoms with E-state index in [0.29, 0.717) is 12.8 Å². The van der Waals surface area contributed by atoms with Crippen LogP contribution < -0.4 is 4.72 Å². The van der Waals surface area contributed by atoms with E-state index in [1.165, 1.54) is 29.9 Å². The highest BCUT2D eigenvalue weighted by molar-refractivity contribution is 7.89. The summed E-state index contributed by atoms with van der Waals surface area (Å²) in [4.78, 5) is 10.9. The maximum atomic E-state index is 13.2. The highest BCUT2D eigenvalue weighted by atomic mass is 32.2. The van der Waals surface area contributed by atoms with Gasteiger partial charge in [-0.1, -0.05) is 6.07 Å². The number of carbonyl (C=O) groups is 1. The fourth-order valence-electron chi connectivity index (χ4n) is 2.86. The summed E-state index contributed by atoms with van der Waals surface area (Å²) in [5.74, 6) is -1.54. The molecule has 0 fully saturated rings. The van der Waals surface area contributed by atoms with Gasteiger partial charge in [-0.25, -0.2) is 22.3 Å². The quantitative estimate of drug-likeness (QED) is 0.890. The normalized spacial score (nSPS) is 17.2. The van der Waals surface area contributed by atoms with E-state index in [4.69, 9.17) is 5.11 Å². The van der Waals surface area contributed by atoms with E-state index in [9.17, 15) is 17.6 Å². The van der Waals surface area contributed by atoms with Gasteiger partial charge in [0, 0.05) is 19.3 Å². The molecule has 1 heterocycles. The molecular formula is C15H15FN2O4S. The van der Waals surface area contributed by atoms with Crippen LogP contribution in [-0.2, 0) is 23.5 Å². The van der Waals surface area contributed by atoms with Gasteiger partial charge in [0.15, 0.2) is 0 Å². The smallest absolute Gasteiger partial charge is 0.352 e. The van der Waals surface area contributed by atoms with Gasteiger partial charge in [-0.3, -0.25) is 0 Å². The van der Waals surface area contributed by atoms with Crippen molar-refractivity contribution in [3.63, 3.8) is 0 Å². The van der Waals surface area contributed by atoms with Gasteiger partial charge < -0.3 is 9.67 Å². The SMILES string of the molecule is Cn1cc(S(=O)(=O)NC2CCc3cc(F)ccc32)cc1C(=O)O. The van der Waals surface area contributed by atoms with E-state index < -0.39 is 22.0 Å². The lowest BCUT2D eigenvalue weighted by Gasteiger charge is -2.13. The predicted octanol–water partition coefficient (Wildman–Crippen LogP) is 1.83. The second-order valence-corrected chi connectivity index (χ2v) is 7.25. The van der Waals surface area contributed by atoms with E-state index in [2.05, 4.69) is 4.72 Å². The number of carboxylic acids is 1. The Kier molecular flexibility index (Phi) is 3.73. The largest absolute Gasteiger partial charge is 0.477 e. The topological polar surface area (TPSA) is 88.4 Å². The fourth-order valence-corrected chi connectivity index (χ4v) is 4.18. The molecule has 2 aromatic rings. The van der Waals surface area contributed by atoms with E-state index in [1.807, 2.05) is 0 Å². The molecule has 1 aliphatic carbocycles. The van der Waals surface area contributed by atoms with Gasteiger partial charge >= 0.3 is 5.97 Å². The second kappa shape index (κ2) is 5.47. The lowest BCUT2D eigenvalue weighted by atomic mass is 10.1. The zero-order valence-electron chi connectivity index (χ0n) is 12.3. The number of nitrogens with one attached hydrogen (secondary N) is 1. The summed E-state index contributed by atoms with van der Waals surface area (Å²) in [6.45, 7) is 0. The Morgan fingerprint density at radius 3 is 2.78 bits per heavy atom. The van der Waals surface area contributed by atoms with Crippen molar-refractivity contribution in [2.45, 2.75) is 23.8 Å². The van der Waals surface area contributed by atoms with Crippen LogP contribution in [0, 0.1) is 5.82 Å². The zero-order valence-corrected chi connectivity index (χ0v) is 13.1. The van der Waals surface area contributed by atoms with Crippen LogP contribution in [0.5, 0.6) is 0 Å². The summed E-state index contributed by atoms with van der Waals surface area (Å²) in [5.41, 5.74) is 1.43. The summed E-state index contributed by atoms with van der Waals surface area (Å²) < 4.78 is 42.0. The van der Waals surface area contributed by atoms with E-state index in [1.54, 1.807) is 6.07 Å². The first-order valence-corrected chi connectivity index (χ1v) is 8.46. The van der Waals surface area contributed by atoms with Crippen molar-refractivity contribution in [3.05, 3.63) is 53.1 Å². The summed E-state index contributed by atoms with van der Waals surface area (Å²) >= 11 is 0. The minimum atomic E-state index is -3.86. The average molecular weight is 338 g/mol. The van der Waals surface area contributed by atoms with Crippen LogP contribution in [0.1, 0.15) is 34.1 Å². The van der Waals surface area contributed by atoms with Crippen LogP contribution >= 0.6 is 0 Å². The second-order valence-electron chi connectivity index (χ2n) is 5.53. The van der Waals surface area contributed by atoms with Gasteiger partial charge in [-0.15, -0.1) is 0 Å². The van der Waals surface area contributed by atoms with Crippen LogP contribution in [0.4, 0.5) is 4.39 Å². The number of hydrogen-bond acceptors (Lipinski definition) is 3. The van der Waals surface area contributed by atoms with Crippen LogP contribution in [0.25, 0.3) is 0 Å². The third-order valence-electron chi connectivity index (χ3n) is 3.99. The van der Waals surface area contributed by atoms with Crippen molar-refractivity contribution < 1.29 is 22.7 Å². The Hall–Kier alpha value is -2.19. The first-order valence-electron chi connectivity index (χ1n) is 6.98.